The van der Waals surface area contributed by atoms with Crippen LogP contribution >= 0.6 is 0 Å². The van der Waals surface area contributed by atoms with Crippen LogP contribution in [-0.4, -0.2) is 74.9 Å². The van der Waals surface area contributed by atoms with Gasteiger partial charge in [-0.05, 0) is 59.8 Å². The van der Waals surface area contributed by atoms with Gasteiger partial charge in [0.05, 0.1) is 0 Å². The fourth-order valence-corrected chi connectivity index (χ4v) is 3.68. The van der Waals surface area contributed by atoms with Gasteiger partial charge >= 0.3 is 6.09 Å². The number of aromatic nitrogens is 3. The van der Waals surface area contributed by atoms with Crippen molar-refractivity contribution in [2.75, 3.05) is 32.7 Å². The second-order valence-electron chi connectivity index (χ2n) is 9.59. The summed E-state index contributed by atoms with van der Waals surface area (Å²) < 4.78 is 7.55. The smallest absolute Gasteiger partial charge is 0.410 e. The zero-order chi connectivity index (χ0) is 23.7. The maximum Gasteiger partial charge on any atom is 0.410 e. The number of amides is 1. The van der Waals surface area contributed by atoms with Crippen LogP contribution in [0, 0.1) is 12.8 Å². The van der Waals surface area contributed by atoms with Crippen molar-refractivity contribution in [3.63, 3.8) is 0 Å². The van der Waals surface area contributed by atoms with Crippen molar-refractivity contribution in [3.05, 3.63) is 11.6 Å². The van der Waals surface area contributed by atoms with Gasteiger partial charge < -0.3 is 24.4 Å². The first-order chi connectivity index (χ1) is 15.1. The summed E-state index contributed by atoms with van der Waals surface area (Å²) >= 11 is 0. The SMILES string of the molecule is CCCCNC(=NCc1nnc(C)n1C)N1CCC(CN(CC)C(=O)OC(C)(C)C)CC1. The minimum atomic E-state index is -0.468. The van der Waals surface area contributed by atoms with Crippen molar-refractivity contribution in [3.8, 4) is 0 Å². The van der Waals surface area contributed by atoms with Gasteiger partial charge in [-0.2, -0.15) is 0 Å². The van der Waals surface area contributed by atoms with Crippen molar-refractivity contribution in [2.24, 2.45) is 18.0 Å². The third-order valence-corrected chi connectivity index (χ3v) is 5.79. The Morgan fingerprint density at radius 1 is 1.25 bits per heavy atom. The molecular formula is C23H43N7O2. The Kier molecular flexibility index (Phi) is 9.78. The number of nitrogens with zero attached hydrogens (tertiary/aromatic N) is 6. The standard InChI is InChI=1S/C23H43N7O2/c1-8-10-13-24-21(25-16-20-27-26-18(3)28(20)7)30-14-11-19(12-15-30)17-29(9-2)22(31)32-23(4,5)6/h19H,8-17H2,1-7H3,(H,24,25). The van der Waals surface area contributed by atoms with Gasteiger partial charge in [-0.25, -0.2) is 9.79 Å². The number of rotatable bonds is 8. The second-order valence-corrected chi connectivity index (χ2v) is 9.59. The number of guanidine groups is 1. The molecule has 0 saturated carbocycles. The number of aliphatic imine (C=N–C) groups is 1. The normalized spacial score (nSPS) is 15.7. The van der Waals surface area contributed by atoms with E-state index < -0.39 is 5.60 Å². The third kappa shape index (κ3) is 7.98. The summed E-state index contributed by atoms with van der Waals surface area (Å²) in [6, 6.07) is 0. The van der Waals surface area contributed by atoms with Crippen LogP contribution in [0.25, 0.3) is 0 Å². The van der Waals surface area contributed by atoms with E-state index in [4.69, 9.17) is 9.73 Å². The van der Waals surface area contributed by atoms with Gasteiger partial charge in [-0.15, -0.1) is 10.2 Å². The highest BCUT2D eigenvalue weighted by Gasteiger charge is 2.27. The average molecular weight is 450 g/mol. The highest BCUT2D eigenvalue weighted by molar-refractivity contribution is 5.80. The van der Waals surface area contributed by atoms with Gasteiger partial charge in [0.25, 0.3) is 0 Å². The van der Waals surface area contributed by atoms with E-state index in [1.807, 2.05) is 51.1 Å². The Balaban J connectivity index is 1.95. The molecule has 0 unspecified atom stereocenters. The number of likely N-dealkylation sites (tertiary alicyclic amines) is 1. The fourth-order valence-electron chi connectivity index (χ4n) is 3.68. The molecule has 2 heterocycles. The minimum Gasteiger partial charge on any atom is -0.444 e. The first-order valence-electron chi connectivity index (χ1n) is 12.0. The van der Waals surface area contributed by atoms with Crippen LogP contribution < -0.4 is 5.32 Å². The quantitative estimate of drug-likeness (QED) is 0.372. The summed E-state index contributed by atoms with van der Waals surface area (Å²) in [4.78, 5) is 21.5. The Labute approximate surface area is 193 Å². The van der Waals surface area contributed by atoms with E-state index >= 15 is 0 Å². The third-order valence-electron chi connectivity index (χ3n) is 5.79. The van der Waals surface area contributed by atoms with Crippen molar-refractivity contribution in [1.82, 2.24) is 29.9 Å². The van der Waals surface area contributed by atoms with Crippen LogP contribution in [0.4, 0.5) is 4.79 Å². The van der Waals surface area contributed by atoms with E-state index in [1.54, 1.807) is 0 Å². The van der Waals surface area contributed by atoms with Crippen molar-refractivity contribution in [2.45, 2.75) is 79.4 Å². The molecule has 182 valence electrons. The number of piperidine rings is 1. The second kappa shape index (κ2) is 12.1. The monoisotopic (exact) mass is 449 g/mol. The van der Waals surface area contributed by atoms with E-state index in [0.717, 1.165) is 69.5 Å². The molecule has 9 heteroatoms. The summed E-state index contributed by atoms with van der Waals surface area (Å²) in [5.74, 6) is 3.17. The topological polar surface area (TPSA) is 87.9 Å². The molecule has 32 heavy (non-hydrogen) atoms. The number of carbonyl (C=O) groups is 1. The van der Waals surface area contributed by atoms with Gasteiger partial charge in [0, 0.05) is 39.8 Å². The lowest BCUT2D eigenvalue weighted by atomic mass is 9.96. The maximum atomic E-state index is 12.5. The van der Waals surface area contributed by atoms with Crippen LogP contribution in [0.3, 0.4) is 0 Å². The number of hydrogen-bond donors (Lipinski definition) is 1. The molecule has 0 spiro atoms. The number of ether oxygens (including phenoxy) is 1. The molecule has 1 amide bonds. The van der Waals surface area contributed by atoms with E-state index in [1.165, 1.54) is 0 Å². The lowest BCUT2D eigenvalue weighted by molar-refractivity contribution is 0.0214. The lowest BCUT2D eigenvalue weighted by Crippen LogP contribution is -2.48. The summed E-state index contributed by atoms with van der Waals surface area (Å²) in [7, 11) is 1.97. The predicted octanol–water partition coefficient (Wildman–Crippen LogP) is 3.34. The maximum absolute atomic E-state index is 12.5. The van der Waals surface area contributed by atoms with Crippen molar-refractivity contribution >= 4 is 12.1 Å². The van der Waals surface area contributed by atoms with E-state index in [-0.39, 0.29) is 6.09 Å². The molecule has 1 aromatic heterocycles. The predicted molar refractivity (Wildman–Crippen MR) is 128 cm³/mol. The number of hydrogen-bond acceptors (Lipinski definition) is 5. The zero-order valence-corrected chi connectivity index (χ0v) is 21.1. The Bertz CT molecular complexity index is 746. The fraction of sp³-hybridized carbons (Fsp3) is 0.826. The number of nitrogens with one attached hydrogen (secondary N) is 1. The number of aryl methyl sites for hydroxylation is 1. The average Bonchev–Trinajstić information content (AvgIpc) is 3.06. The van der Waals surface area contributed by atoms with Crippen LogP contribution in [0.15, 0.2) is 4.99 Å². The number of carbonyl (C=O) groups excluding carboxylic acids is 1. The Morgan fingerprint density at radius 3 is 2.47 bits per heavy atom. The molecule has 1 aliphatic rings. The molecule has 9 nitrogen and oxygen atoms in total. The summed E-state index contributed by atoms with van der Waals surface area (Å²) in [6.07, 6.45) is 4.08. The van der Waals surface area contributed by atoms with Gasteiger partial charge in [0.1, 0.15) is 18.0 Å². The van der Waals surface area contributed by atoms with Gasteiger partial charge in [-0.3, -0.25) is 0 Å². The molecule has 0 bridgehead atoms. The summed E-state index contributed by atoms with van der Waals surface area (Å²) in [6.45, 7) is 16.5. The van der Waals surface area contributed by atoms with Gasteiger partial charge in [0.2, 0.25) is 0 Å². The Hall–Kier alpha value is -2.32. The van der Waals surface area contributed by atoms with E-state index in [9.17, 15) is 4.79 Å². The zero-order valence-electron chi connectivity index (χ0n) is 21.1. The molecule has 1 aliphatic heterocycles. The highest BCUT2D eigenvalue weighted by atomic mass is 16.6. The van der Waals surface area contributed by atoms with Crippen molar-refractivity contribution < 1.29 is 9.53 Å². The van der Waals surface area contributed by atoms with Crippen molar-refractivity contribution in [1.29, 1.82) is 0 Å². The van der Waals surface area contributed by atoms with E-state index in [0.29, 0.717) is 19.0 Å². The molecule has 0 atom stereocenters. The molecule has 1 N–H and O–H groups in total. The van der Waals surface area contributed by atoms with Gasteiger partial charge in [-0.1, -0.05) is 13.3 Å². The summed E-state index contributed by atoms with van der Waals surface area (Å²) in [5.41, 5.74) is -0.468. The number of unbranched alkanes of at least 4 members (excludes halogenated alkanes) is 1. The van der Waals surface area contributed by atoms with E-state index in [2.05, 4.69) is 27.3 Å². The molecule has 1 aromatic rings. The van der Waals surface area contributed by atoms with Crippen LogP contribution in [0.1, 0.15) is 72.0 Å². The van der Waals surface area contributed by atoms with Gasteiger partial charge in [0.15, 0.2) is 11.8 Å². The van der Waals surface area contributed by atoms with Crippen LogP contribution in [0.2, 0.25) is 0 Å². The molecular weight excluding hydrogens is 406 g/mol. The molecule has 1 fully saturated rings. The molecule has 0 aromatic carbocycles. The summed E-state index contributed by atoms with van der Waals surface area (Å²) in [5, 5.41) is 11.9. The first-order valence-corrected chi connectivity index (χ1v) is 12.0. The minimum absolute atomic E-state index is 0.218. The molecule has 0 aliphatic carbocycles. The highest BCUT2D eigenvalue weighted by Crippen LogP contribution is 2.20. The largest absolute Gasteiger partial charge is 0.444 e. The van der Waals surface area contributed by atoms with Crippen LogP contribution in [-0.2, 0) is 18.3 Å². The molecule has 0 radical (unpaired) electrons. The molecule has 1 saturated heterocycles. The molecule has 2 rings (SSSR count). The first kappa shape index (κ1) is 25.9. The van der Waals surface area contributed by atoms with Crippen LogP contribution in [0.5, 0.6) is 0 Å². The Morgan fingerprint density at radius 2 is 1.94 bits per heavy atom. The lowest BCUT2D eigenvalue weighted by Gasteiger charge is -2.36.